The molecule has 0 aliphatic carbocycles. The molecular weight excluding hydrogens is 242 g/mol. The number of nitrogens with zero attached hydrogens (tertiary/aromatic N) is 2. The molecule has 19 heavy (non-hydrogen) atoms. The molecule has 0 saturated heterocycles. The Balaban J connectivity index is 2.58. The molecule has 5 heteroatoms. The lowest BCUT2D eigenvalue weighted by Gasteiger charge is -2.15. The molecule has 106 valence electrons. The largest absolute Gasteiger partial charge is 0.481 e. The van der Waals surface area contributed by atoms with Crippen molar-refractivity contribution < 1.29 is 9.90 Å². The standard InChI is InChI=1S/C14H23N3O2/c1-4-5-12-7-13(17-9-16-12)15-8-11(14(18)19)6-10(2)3/h7,9-11H,4-6,8H2,1-3H3,(H,18,19)(H,15,16,17). The maximum Gasteiger partial charge on any atom is 0.308 e. The maximum atomic E-state index is 11.2. The van der Waals surface area contributed by atoms with Crippen LogP contribution in [0.2, 0.25) is 0 Å². The van der Waals surface area contributed by atoms with Gasteiger partial charge in [0.2, 0.25) is 0 Å². The Bertz CT molecular complexity index is 407. The third-order valence-corrected chi connectivity index (χ3v) is 2.86. The van der Waals surface area contributed by atoms with Gasteiger partial charge in [-0.15, -0.1) is 0 Å². The van der Waals surface area contributed by atoms with Crippen LogP contribution in [0.5, 0.6) is 0 Å². The molecule has 1 aromatic heterocycles. The van der Waals surface area contributed by atoms with Crippen LogP contribution in [0, 0.1) is 11.8 Å². The SMILES string of the molecule is CCCc1cc(NCC(CC(C)C)C(=O)O)ncn1. The van der Waals surface area contributed by atoms with Crippen molar-refractivity contribution in [2.75, 3.05) is 11.9 Å². The highest BCUT2D eigenvalue weighted by Gasteiger charge is 2.18. The van der Waals surface area contributed by atoms with E-state index in [0.717, 1.165) is 18.5 Å². The monoisotopic (exact) mass is 265 g/mol. The van der Waals surface area contributed by atoms with Crippen molar-refractivity contribution in [2.45, 2.75) is 40.0 Å². The molecule has 0 aliphatic heterocycles. The van der Waals surface area contributed by atoms with E-state index in [2.05, 4.69) is 22.2 Å². The van der Waals surface area contributed by atoms with Gasteiger partial charge in [-0.3, -0.25) is 4.79 Å². The maximum absolute atomic E-state index is 11.2. The summed E-state index contributed by atoms with van der Waals surface area (Å²) in [6.07, 6.45) is 4.12. The molecule has 5 nitrogen and oxygen atoms in total. The minimum Gasteiger partial charge on any atom is -0.481 e. The van der Waals surface area contributed by atoms with Crippen LogP contribution < -0.4 is 5.32 Å². The van der Waals surface area contributed by atoms with Gasteiger partial charge in [-0.2, -0.15) is 0 Å². The van der Waals surface area contributed by atoms with E-state index in [-0.39, 0.29) is 5.92 Å². The van der Waals surface area contributed by atoms with Crippen LogP contribution in [0.25, 0.3) is 0 Å². The fourth-order valence-corrected chi connectivity index (χ4v) is 1.96. The Morgan fingerprint density at radius 1 is 1.42 bits per heavy atom. The highest BCUT2D eigenvalue weighted by molar-refractivity contribution is 5.70. The summed E-state index contributed by atoms with van der Waals surface area (Å²) in [6.45, 7) is 6.55. The van der Waals surface area contributed by atoms with Gasteiger partial charge in [0.05, 0.1) is 5.92 Å². The molecule has 0 aliphatic rings. The van der Waals surface area contributed by atoms with Gasteiger partial charge in [-0.1, -0.05) is 27.2 Å². The summed E-state index contributed by atoms with van der Waals surface area (Å²) in [7, 11) is 0. The first-order valence-electron chi connectivity index (χ1n) is 6.80. The Morgan fingerprint density at radius 2 is 2.16 bits per heavy atom. The molecule has 1 atom stereocenters. The number of hydrogen-bond donors (Lipinski definition) is 2. The summed E-state index contributed by atoms with van der Waals surface area (Å²) in [5.74, 6) is -0.0777. The normalized spacial score (nSPS) is 12.4. The van der Waals surface area contributed by atoms with E-state index >= 15 is 0 Å². The van der Waals surface area contributed by atoms with Gasteiger partial charge < -0.3 is 10.4 Å². The fourth-order valence-electron chi connectivity index (χ4n) is 1.96. The van der Waals surface area contributed by atoms with Gasteiger partial charge in [0.25, 0.3) is 0 Å². The number of rotatable bonds is 8. The molecular formula is C14H23N3O2. The van der Waals surface area contributed by atoms with Gasteiger partial charge in [-0.25, -0.2) is 9.97 Å². The van der Waals surface area contributed by atoms with Gasteiger partial charge in [0.15, 0.2) is 0 Å². The molecule has 0 fully saturated rings. The number of carboxylic acid groups (broad SMARTS) is 1. The van der Waals surface area contributed by atoms with E-state index in [1.807, 2.05) is 19.9 Å². The summed E-state index contributed by atoms with van der Waals surface area (Å²) in [5.41, 5.74) is 0.982. The average molecular weight is 265 g/mol. The van der Waals surface area contributed by atoms with E-state index in [9.17, 15) is 4.79 Å². The van der Waals surface area contributed by atoms with Crippen LogP contribution >= 0.6 is 0 Å². The van der Waals surface area contributed by atoms with E-state index < -0.39 is 5.97 Å². The lowest BCUT2D eigenvalue weighted by atomic mass is 9.97. The summed E-state index contributed by atoms with van der Waals surface area (Å²) in [6, 6.07) is 1.89. The van der Waals surface area contributed by atoms with Crippen molar-refractivity contribution in [3.05, 3.63) is 18.1 Å². The quantitative estimate of drug-likeness (QED) is 0.755. The second-order valence-electron chi connectivity index (χ2n) is 5.19. The van der Waals surface area contributed by atoms with Gasteiger partial charge in [0.1, 0.15) is 12.1 Å². The number of nitrogens with one attached hydrogen (secondary N) is 1. The number of aliphatic carboxylic acids is 1. The van der Waals surface area contributed by atoms with Gasteiger partial charge in [0, 0.05) is 18.3 Å². The number of aromatic nitrogens is 2. The second-order valence-corrected chi connectivity index (χ2v) is 5.19. The zero-order chi connectivity index (χ0) is 14.3. The molecule has 0 aromatic carbocycles. The van der Waals surface area contributed by atoms with Crippen molar-refractivity contribution in [2.24, 2.45) is 11.8 Å². The van der Waals surface area contributed by atoms with Crippen LogP contribution in [0.3, 0.4) is 0 Å². The van der Waals surface area contributed by atoms with E-state index in [4.69, 9.17) is 5.11 Å². The number of carboxylic acids is 1. The highest BCUT2D eigenvalue weighted by atomic mass is 16.4. The van der Waals surface area contributed by atoms with Crippen LogP contribution in [0.15, 0.2) is 12.4 Å². The highest BCUT2D eigenvalue weighted by Crippen LogP contribution is 2.13. The minimum absolute atomic E-state index is 0.365. The lowest BCUT2D eigenvalue weighted by molar-refractivity contribution is -0.141. The Hall–Kier alpha value is -1.65. The number of carbonyl (C=O) groups is 1. The third kappa shape index (κ3) is 5.68. The Morgan fingerprint density at radius 3 is 2.74 bits per heavy atom. The summed E-state index contributed by atoms with van der Waals surface area (Å²) in [5, 5.41) is 12.3. The molecule has 1 unspecified atom stereocenters. The average Bonchev–Trinajstić information content (AvgIpc) is 2.34. The molecule has 0 saturated carbocycles. The van der Waals surface area contributed by atoms with Crippen molar-refractivity contribution in [1.82, 2.24) is 9.97 Å². The van der Waals surface area contributed by atoms with E-state index in [0.29, 0.717) is 24.7 Å². The summed E-state index contributed by atoms with van der Waals surface area (Å²) in [4.78, 5) is 19.4. The van der Waals surface area contributed by atoms with E-state index in [1.165, 1.54) is 6.33 Å². The molecule has 2 N–H and O–H groups in total. The number of aryl methyl sites for hydroxylation is 1. The number of anilines is 1. The van der Waals surface area contributed by atoms with Crippen LogP contribution in [-0.4, -0.2) is 27.6 Å². The minimum atomic E-state index is -0.760. The zero-order valence-electron chi connectivity index (χ0n) is 11.9. The summed E-state index contributed by atoms with van der Waals surface area (Å²) < 4.78 is 0. The zero-order valence-corrected chi connectivity index (χ0v) is 11.9. The van der Waals surface area contributed by atoms with Crippen molar-refractivity contribution >= 4 is 11.8 Å². The first kappa shape index (κ1) is 15.4. The molecule has 1 aromatic rings. The molecule has 0 amide bonds. The number of hydrogen-bond acceptors (Lipinski definition) is 4. The van der Waals surface area contributed by atoms with Crippen LogP contribution in [-0.2, 0) is 11.2 Å². The molecule has 0 spiro atoms. The molecule has 0 radical (unpaired) electrons. The van der Waals surface area contributed by atoms with Gasteiger partial charge in [-0.05, 0) is 18.8 Å². The smallest absolute Gasteiger partial charge is 0.308 e. The van der Waals surface area contributed by atoms with Crippen LogP contribution in [0.4, 0.5) is 5.82 Å². The summed E-state index contributed by atoms with van der Waals surface area (Å²) >= 11 is 0. The molecule has 1 rings (SSSR count). The molecule has 0 bridgehead atoms. The van der Waals surface area contributed by atoms with Crippen molar-refractivity contribution in [1.29, 1.82) is 0 Å². The Kier molecular flexibility index (Phi) is 6.25. The van der Waals surface area contributed by atoms with Gasteiger partial charge >= 0.3 is 5.97 Å². The first-order valence-corrected chi connectivity index (χ1v) is 6.80. The van der Waals surface area contributed by atoms with Crippen molar-refractivity contribution in [3.63, 3.8) is 0 Å². The lowest BCUT2D eigenvalue weighted by Crippen LogP contribution is -2.24. The second kappa shape index (κ2) is 7.71. The molecule has 1 heterocycles. The predicted octanol–water partition coefficient (Wildman–Crippen LogP) is 2.59. The predicted molar refractivity (Wildman–Crippen MR) is 75.1 cm³/mol. The van der Waals surface area contributed by atoms with Crippen LogP contribution in [0.1, 0.15) is 39.3 Å². The van der Waals surface area contributed by atoms with Crippen molar-refractivity contribution in [3.8, 4) is 0 Å². The topological polar surface area (TPSA) is 75.1 Å². The Labute approximate surface area is 114 Å². The third-order valence-electron chi connectivity index (χ3n) is 2.86. The first-order chi connectivity index (χ1) is 9.02. The fraction of sp³-hybridized carbons (Fsp3) is 0.643. The van der Waals surface area contributed by atoms with E-state index in [1.54, 1.807) is 0 Å².